The molecule has 0 aliphatic heterocycles. The first-order valence-corrected chi connectivity index (χ1v) is 5.29. The maximum Gasteiger partial charge on any atom is 0.329 e. The van der Waals surface area contributed by atoms with E-state index in [1.165, 1.54) is 12.3 Å². The molecule has 4 nitrogen and oxygen atoms in total. The average Bonchev–Trinajstić information content (AvgIpc) is 2.29. The fourth-order valence-corrected chi connectivity index (χ4v) is 1.79. The summed E-state index contributed by atoms with van der Waals surface area (Å²) in [5.41, 5.74) is -0.557. The van der Waals surface area contributed by atoms with Crippen molar-refractivity contribution in [3.63, 3.8) is 0 Å². The van der Waals surface area contributed by atoms with Crippen molar-refractivity contribution in [2.75, 3.05) is 0 Å². The summed E-state index contributed by atoms with van der Waals surface area (Å²) in [7, 11) is 0. The Morgan fingerprint density at radius 1 is 1.24 bits per heavy atom. The van der Waals surface area contributed by atoms with Crippen LogP contribution in [0.1, 0.15) is 13.8 Å². The van der Waals surface area contributed by atoms with E-state index in [-0.39, 0.29) is 5.43 Å². The topological polar surface area (TPSA) is 59.3 Å². The number of aliphatic carboxylic acids is 1. The van der Waals surface area contributed by atoms with Crippen LogP contribution in [0.3, 0.4) is 0 Å². The summed E-state index contributed by atoms with van der Waals surface area (Å²) in [5.74, 6) is -0.939. The Hall–Kier alpha value is -2.10. The molecule has 88 valence electrons. The lowest BCUT2D eigenvalue weighted by atomic mass is 10.0. The lowest BCUT2D eigenvalue weighted by Crippen LogP contribution is -2.36. The van der Waals surface area contributed by atoms with E-state index in [0.717, 1.165) is 0 Å². The second-order valence-corrected chi connectivity index (χ2v) is 4.43. The summed E-state index contributed by atoms with van der Waals surface area (Å²) in [6.07, 6.45) is 1.53. The zero-order valence-corrected chi connectivity index (χ0v) is 9.68. The van der Waals surface area contributed by atoms with Gasteiger partial charge in [-0.05, 0) is 26.0 Å². The molecule has 1 heterocycles. The number of rotatable bonds is 2. The van der Waals surface area contributed by atoms with Gasteiger partial charge in [0.05, 0.1) is 5.52 Å². The molecule has 0 bridgehead atoms. The summed E-state index contributed by atoms with van der Waals surface area (Å²) in [5, 5.41) is 9.76. The van der Waals surface area contributed by atoms with Crippen molar-refractivity contribution in [2.24, 2.45) is 0 Å². The summed E-state index contributed by atoms with van der Waals surface area (Å²) >= 11 is 0. The molecule has 0 saturated carbocycles. The van der Waals surface area contributed by atoms with Crippen molar-refractivity contribution < 1.29 is 9.90 Å². The van der Waals surface area contributed by atoms with Gasteiger partial charge in [-0.1, -0.05) is 12.1 Å². The normalized spacial score (nSPS) is 11.6. The van der Waals surface area contributed by atoms with E-state index in [2.05, 4.69) is 0 Å². The van der Waals surface area contributed by atoms with Gasteiger partial charge in [-0.3, -0.25) is 4.79 Å². The average molecular weight is 231 g/mol. The number of fused-ring (bicyclic) bond motifs is 1. The van der Waals surface area contributed by atoms with E-state index in [9.17, 15) is 14.7 Å². The van der Waals surface area contributed by atoms with Crippen LogP contribution in [-0.2, 0) is 10.3 Å². The number of aromatic nitrogens is 1. The fourth-order valence-electron chi connectivity index (χ4n) is 1.79. The van der Waals surface area contributed by atoms with Crippen LogP contribution in [0.4, 0.5) is 0 Å². The minimum absolute atomic E-state index is 0.0990. The van der Waals surface area contributed by atoms with Gasteiger partial charge in [-0.25, -0.2) is 4.79 Å². The van der Waals surface area contributed by atoms with Crippen LogP contribution in [0.25, 0.3) is 10.9 Å². The molecular formula is C13H13NO3. The van der Waals surface area contributed by atoms with Crippen molar-refractivity contribution in [2.45, 2.75) is 19.4 Å². The molecule has 0 aliphatic carbocycles. The third-order valence-corrected chi connectivity index (χ3v) is 2.93. The van der Waals surface area contributed by atoms with E-state index in [1.807, 2.05) is 0 Å². The van der Waals surface area contributed by atoms with Gasteiger partial charge in [0.15, 0.2) is 5.43 Å². The van der Waals surface area contributed by atoms with Gasteiger partial charge in [0.1, 0.15) is 5.54 Å². The van der Waals surface area contributed by atoms with Crippen LogP contribution >= 0.6 is 0 Å². The third kappa shape index (κ3) is 1.71. The largest absolute Gasteiger partial charge is 0.480 e. The van der Waals surface area contributed by atoms with Gasteiger partial charge in [0.2, 0.25) is 0 Å². The molecule has 4 heteroatoms. The molecule has 2 rings (SSSR count). The molecule has 0 aliphatic rings. The standard InChI is InChI=1S/C13H13NO3/c1-13(2,12(16)17)14-8-7-11(15)9-5-3-4-6-10(9)14/h3-8H,1-2H3,(H,16,17). The van der Waals surface area contributed by atoms with Gasteiger partial charge in [0, 0.05) is 17.6 Å². The molecule has 1 aromatic carbocycles. The highest BCUT2D eigenvalue weighted by atomic mass is 16.4. The number of para-hydroxylation sites is 1. The summed E-state index contributed by atoms with van der Waals surface area (Å²) in [6, 6.07) is 8.40. The number of carboxylic acids is 1. The number of nitrogens with zero attached hydrogens (tertiary/aromatic N) is 1. The first-order chi connectivity index (χ1) is 7.94. The molecule has 0 amide bonds. The lowest BCUT2D eigenvalue weighted by molar-refractivity contribution is -0.145. The minimum atomic E-state index is -1.09. The Kier molecular flexibility index (Phi) is 2.50. The monoisotopic (exact) mass is 231 g/mol. The number of carbonyl (C=O) groups is 1. The van der Waals surface area contributed by atoms with Gasteiger partial charge in [-0.2, -0.15) is 0 Å². The Morgan fingerprint density at radius 3 is 2.53 bits per heavy atom. The molecular weight excluding hydrogens is 218 g/mol. The molecule has 1 N–H and O–H groups in total. The van der Waals surface area contributed by atoms with E-state index >= 15 is 0 Å². The molecule has 0 radical (unpaired) electrons. The highest BCUT2D eigenvalue weighted by molar-refractivity contribution is 5.83. The minimum Gasteiger partial charge on any atom is -0.480 e. The molecule has 0 unspecified atom stereocenters. The second-order valence-electron chi connectivity index (χ2n) is 4.43. The molecule has 0 spiro atoms. The number of pyridine rings is 1. The van der Waals surface area contributed by atoms with E-state index < -0.39 is 11.5 Å². The Balaban J connectivity index is 2.85. The molecule has 17 heavy (non-hydrogen) atoms. The highest BCUT2D eigenvalue weighted by Gasteiger charge is 2.29. The highest BCUT2D eigenvalue weighted by Crippen LogP contribution is 2.20. The SMILES string of the molecule is CC(C)(C(=O)O)n1ccc(=O)c2ccccc21. The zero-order valence-electron chi connectivity index (χ0n) is 9.68. The van der Waals surface area contributed by atoms with E-state index in [0.29, 0.717) is 10.9 Å². The van der Waals surface area contributed by atoms with Crippen molar-refractivity contribution in [1.82, 2.24) is 4.57 Å². The van der Waals surface area contributed by atoms with Crippen LogP contribution in [-0.4, -0.2) is 15.6 Å². The van der Waals surface area contributed by atoms with Gasteiger partial charge < -0.3 is 9.67 Å². The Bertz CT molecular complexity index is 640. The van der Waals surface area contributed by atoms with Crippen LogP contribution in [0, 0.1) is 0 Å². The van der Waals surface area contributed by atoms with Crippen LogP contribution in [0.5, 0.6) is 0 Å². The second kappa shape index (κ2) is 3.73. The van der Waals surface area contributed by atoms with E-state index in [1.54, 1.807) is 42.7 Å². The van der Waals surface area contributed by atoms with E-state index in [4.69, 9.17) is 0 Å². The van der Waals surface area contributed by atoms with Crippen LogP contribution in [0.2, 0.25) is 0 Å². The van der Waals surface area contributed by atoms with Crippen LogP contribution in [0.15, 0.2) is 41.3 Å². The Morgan fingerprint density at radius 2 is 1.88 bits per heavy atom. The predicted molar refractivity (Wildman–Crippen MR) is 65.2 cm³/mol. The number of carboxylic acid groups (broad SMARTS) is 1. The smallest absolute Gasteiger partial charge is 0.329 e. The van der Waals surface area contributed by atoms with Crippen LogP contribution < -0.4 is 5.43 Å². The Labute approximate surface area is 98.1 Å². The van der Waals surface area contributed by atoms with Gasteiger partial charge in [0.25, 0.3) is 0 Å². The molecule has 0 saturated heterocycles. The third-order valence-electron chi connectivity index (χ3n) is 2.93. The van der Waals surface area contributed by atoms with Gasteiger partial charge in [-0.15, -0.1) is 0 Å². The number of hydrogen-bond acceptors (Lipinski definition) is 2. The first kappa shape index (κ1) is 11.4. The van der Waals surface area contributed by atoms with Crippen molar-refractivity contribution in [1.29, 1.82) is 0 Å². The first-order valence-electron chi connectivity index (χ1n) is 5.29. The quantitative estimate of drug-likeness (QED) is 0.857. The number of benzene rings is 1. The fraction of sp³-hybridized carbons (Fsp3) is 0.231. The lowest BCUT2D eigenvalue weighted by Gasteiger charge is -2.25. The van der Waals surface area contributed by atoms with Crippen molar-refractivity contribution >= 4 is 16.9 Å². The zero-order chi connectivity index (χ0) is 12.6. The molecule has 0 atom stereocenters. The maximum absolute atomic E-state index is 11.7. The molecule has 2 aromatic rings. The predicted octanol–water partition coefficient (Wildman–Crippen LogP) is 1.82. The summed E-state index contributed by atoms with van der Waals surface area (Å²) < 4.78 is 1.60. The summed E-state index contributed by atoms with van der Waals surface area (Å²) in [4.78, 5) is 22.9. The van der Waals surface area contributed by atoms with Crippen molar-refractivity contribution in [3.05, 3.63) is 46.8 Å². The molecule has 1 aromatic heterocycles. The van der Waals surface area contributed by atoms with Crippen molar-refractivity contribution in [3.8, 4) is 0 Å². The number of hydrogen-bond donors (Lipinski definition) is 1. The molecule has 0 fully saturated rings. The maximum atomic E-state index is 11.7. The summed E-state index contributed by atoms with van der Waals surface area (Å²) in [6.45, 7) is 3.21. The van der Waals surface area contributed by atoms with Gasteiger partial charge >= 0.3 is 5.97 Å².